The summed E-state index contributed by atoms with van der Waals surface area (Å²) in [7, 11) is 2.19. The molecule has 1 aliphatic rings. The number of hydrogen-bond donors (Lipinski definition) is 0. The van der Waals surface area contributed by atoms with E-state index in [0.717, 1.165) is 0 Å². The van der Waals surface area contributed by atoms with Crippen molar-refractivity contribution in [1.29, 1.82) is 0 Å². The van der Waals surface area contributed by atoms with E-state index in [2.05, 4.69) is 43.2 Å². The molecule has 3 heteroatoms. The Kier molecular flexibility index (Phi) is 2.83. The molecular weight excluding hydrogens is 204 g/mol. The summed E-state index contributed by atoms with van der Waals surface area (Å²) in [5, 5.41) is 0. The Hall–Kier alpha value is -0.830. The van der Waals surface area contributed by atoms with Gasteiger partial charge >= 0.3 is 0 Å². The van der Waals surface area contributed by atoms with E-state index in [4.69, 9.17) is 0 Å². The smallest absolute Gasteiger partial charge is 0.0710 e. The number of hydrogen-bond acceptors (Lipinski definition) is 3. The van der Waals surface area contributed by atoms with E-state index in [1.165, 1.54) is 17.0 Å². The lowest BCUT2D eigenvalue weighted by Gasteiger charge is -2.26. The van der Waals surface area contributed by atoms with Crippen molar-refractivity contribution in [3.63, 3.8) is 0 Å². The average Bonchev–Trinajstić information content (AvgIpc) is 2.81. The lowest BCUT2D eigenvalue weighted by atomic mass is 9.92. The molecule has 0 N–H and O–H groups in total. The molecule has 82 valence electrons. The highest BCUT2D eigenvalue weighted by Gasteiger charge is 2.35. The van der Waals surface area contributed by atoms with Crippen LogP contribution in [0.3, 0.4) is 0 Å². The highest BCUT2D eigenvalue weighted by Crippen LogP contribution is 2.44. The van der Waals surface area contributed by atoms with Crippen LogP contribution in [-0.4, -0.2) is 16.3 Å². The lowest BCUT2D eigenvalue weighted by Crippen LogP contribution is -2.21. The number of rotatable bonds is 2. The maximum absolute atomic E-state index is 4.22. The predicted octanol–water partition coefficient (Wildman–Crippen LogP) is 3.45. The van der Waals surface area contributed by atoms with Crippen LogP contribution in [0.1, 0.15) is 38.1 Å². The summed E-state index contributed by atoms with van der Waals surface area (Å²) in [6.45, 7) is 6.76. The van der Waals surface area contributed by atoms with Crippen LogP contribution in [0.4, 0.5) is 0 Å². The number of aromatic nitrogens is 1. The molecule has 0 bridgehead atoms. The Morgan fingerprint density at radius 2 is 2.20 bits per heavy atom. The predicted molar refractivity (Wildman–Crippen MR) is 64.8 cm³/mol. The lowest BCUT2D eigenvalue weighted by molar-refractivity contribution is 0.286. The number of nitrogens with zero attached hydrogens (tertiary/aromatic N) is 2. The first-order chi connectivity index (χ1) is 7.16. The molecule has 0 aromatic carbocycles. The fraction of sp³-hybridized carbons (Fsp3) is 0.583. The van der Waals surface area contributed by atoms with Gasteiger partial charge in [0.1, 0.15) is 0 Å². The first-order valence-corrected chi connectivity index (χ1v) is 6.25. The van der Waals surface area contributed by atoms with Crippen LogP contribution in [-0.2, 0) is 0 Å². The minimum atomic E-state index is 0.516. The maximum Gasteiger partial charge on any atom is 0.0710 e. The zero-order valence-corrected chi connectivity index (χ0v) is 10.6. The molecule has 2 nitrogen and oxygen atoms in total. The van der Waals surface area contributed by atoms with E-state index in [9.17, 15) is 0 Å². The summed E-state index contributed by atoms with van der Waals surface area (Å²) >= 11 is 1.63. The van der Waals surface area contributed by atoms with Gasteiger partial charge in [-0.25, -0.2) is 4.37 Å². The van der Waals surface area contributed by atoms with Crippen LogP contribution in [0.5, 0.6) is 0 Å². The van der Waals surface area contributed by atoms with Gasteiger partial charge in [-0.2, -0.15) is 0 Å². The van der Waals surface area contributed by atoms with Crippen molar-refractivity contribution in [2.24, 2.45) is 5.92 Å². The molecule has 0 radical (unpaired) electrons. The highest BCUT2D eigenvalue weighted by molar-refractivity contribution is 7.05. The Labute approximate surface area is 95.8 Å². The third-order valence-electron chi connectivity index (χ3n) is 3.64. The highest BCUT2D eigenvalue weighted by atomic mass is 32.1. The van der Waals surface area contributed by atoms with Gasteiger partial charge in [-0.1, -0.05) is 6.92 Å². The van der Waals surface area contributed by atoms with Gasteiger partial charge in [-0.15, -0.1) is 0 Å². The first kappa shape index (κ1) is 10.7. The second-order valence-electron chi connectivity index (χ2n) is 4.25. The van der Waals surface area contributed by atoms with Crippen molar-refractivity contribution >= 4 is 11.5 Å². The molecule has 0 aliphatic carbocycles. The van der Waals surface area contributed by atoms with Gasteiger partial charge in [0.05, 0.1) is 6.04 Å². The molecule has 0 amide bonds. The zero-order valence-electron chi connectivity index (χ0n) is 9.82. The van der Waals surface area contributed by atoms with E-state index in [0.29, 0.717) is 12.0 Å². The van der Waals surface area contributed by atoms with E-state index in [-0.39, 0.29) is 0 Å². The van der Waals surface area contributed by atoms with Crippen LogP contribution in [0.15, 0.2) is 23.5 Å². The third-order valence-corrected chi connectivity index (χ3v) is 4.46. The summed E-state index contributed by atoms with van der Waals surface area (Å²) in [6, 6.07) is 2.67. The molecular formula is C12H18N2S. The minimum absolute atomic E-state index is 0.516. The molecule has 2 rings (SSSR count). The monoisotopic (exact) mass is 222 g/mol. The van der Waals surface area contributed by atoms with Gasteiger partial charge < -0.3 is 4.90 Å². The topological polar surface area (TPSA) is 16.1 Å². The molecule has 0 spiro atoms. The van der Waals surface area contributed by atoms with Crippen LogP contribution in [0, 0.1) is 5.92 Å². The molecule has 0 saturated heterocycles. The zero-order chi connectivity index (χ0) is 11.0. The van der Waals surface area contributed by atoms with Crippen molar-refractivity contribution in [2.75, 3.05) is 7.05 Å². The Morgan fingerprint density at radius 3 is 2.73 bits per heavy atom. The summed E-state index contributed by atoms with van der Waals surface area (Å²) < 4.78 is 4.22. The van der Waals surface area contributed by atoms with E-state index in [1.807, 2.05) is 6.20 Å². The molecule has 2 atom stereocenters. The molecule has 0 saturated carbocycles. The third kappa shape index (κ3) is 1.59. The van der Waals surface area contributed by atoms with Gasteiger partial charge in [0, 0.05) is 29.7 Å². The van der Waals surface area contributed by atoms with Crippen LogP contribution < -0.4 is 0 Å². The van der Waals surface area contributed by atoms with Gasteiger partial charge in [0.15, 0.2) is 0 Å². The summed E-state index contributed by atoms with van der Waals surface area (Å²) in [5.74, 6) is 0.662. The molecule has 1 aromatic heterocycles. The van der Waals surface area contributed by atoms with Crippen molar-refractivity contribution in [1.82, 2.24) is 9.27 Å². The van der Waals surface area contributed by atoms with Crippen molar-refractivity contribution in [3.05, 3.63) is 28.4 Å². The maximum atomic E-state index is 4.22. The second kappa shape index (κ2) is 3.97. The Bertz CT molecular complexity index is 367. The quantitative estimate of drug-likeness (QED) is 0.762. The molecule has 15 heavy (non-hydrogen) atoms. The van der Waals surface area contributed by atoms with Crippen LogP contribution in [0.2, 0.25) is 0 Å². The van der Waals surface area contributed by atoms with Crippen molar-refractivity contribution in [3.8, 4) is 0 Å². The summed E-state index contributed by atoms with van der Waals surface area (Å²) in [6.07, 6.45) is 3.11. The standard InChI is InChI=1S/C12H18N2S/c1-5-10-8(2)9(3)14(4)12(10)11-6-7-13-15-11/h6-7,10,12H,5H2,1-4H3. The van der Waals surface area contributed by atoms with Crippen LogP contribution >= 0.6 is 11.5 Å². The summed E-state index contributed by atoms with van der Waals surface area (Å²) in [4.78, 5) is 3.79. The van der Waals surface area contributed by atoms with Crippen molar-refractivity contribution in [2.45, 2.75) is 33.2 Å². The van der Waals surface area contributed by atoms with Gasteiger partial charge in [-0.05, 0) is 43.4 Å². The van der Waals surface area contributed by atoms with Gasteiger partial charge in [-0.3, -0.25) is 0 Å². The molecule has 1 aromatic rings. The Balaban J connectivity index is 2.35. The molecule has 2 heterocycles. The fourth-order valence-corrected chi connectivity index (χ4v) is 3.35. The number of allylic oxidation sites excluding steroid dienone is 1. The fourth-order valence-electron chi connectivity index (χ4n) is 2.56. The molecule has 0 fully saturated rings. The van der Waals surface area contributed by atoms with Gasteiger partial charge in [0.25, 0.3) is 0 Å². The van der Waals surface area contributed by atoms with E-state index < -0.39 is 0 Å². The summed E-state index contributed by atoms with van der Waals surface area (Å²) in [5.41, 5.74) is 2.97. The second-order valence-corrected chi connectivity index (χ2v) is 5.12. The van der Waals surface area contributed by atoms with E-state index >= 15 is 0 Å². The molecule has 1 aliphatic heterocycles. The first-order valence-electron chi connectivity index (χ1n) is 5.47. The Morgan fingerprint density at radius 1 is 1.47 bits per heavy atom. The average molecular weight is 222 g/mol. The van der Waals surface area contributed by atoms with Crippen LogP contribution in [0.25, 0.3) is 0 Å². The SMILES string of the molecule is CCC1C(C)=C(C)N(C)C1c1ccns1. The largest absolute Gasteiger partial charge is 0.370 e. The molecule has 2 unspecified atom stereocenters. The minimum Gasteiger partial charge on any atom is -0.370 e. The van der Waals surface area contributed by atoms with E-state index in [1.54, 1.807) is 17.1 Å². The van der Waals surface area contributed by atoms with Crippen molar-refractivity contribution < 1.29 is 0 Å². The normalized spacial score (nSPS) is 26.5. The van der Waals surface area contributed by atoms with Gasteiger partial charge in [0.2, 0.25) is 0 Å².